The molecule has 0 unspecified atom stereocenters. The molecule has 0 atom stereocenters. The normalized spacial score (nSPS) is 11.0. The summed E-state index contributed by atoms with van der Waals surface area (Å²) in [4.78, 5) is 22.1. The number of methoxy groups -OCH3 is 1. The van der Waals surface area contributed by atoms with Gasteiger partial charge in [0.2, 0.25) is 0 Å². The van der Waals surface area contributed by atoms with Crippen LogP contribution in [-0.2, 0) is 0 Å². The van der Waals surface area contributed by atoms with Crippen LogP contribution < -0.4 is 10.1 Å². The molecular weight excluding hydrogens is 284 g/mol. The highest BCUT2D eigenvalue weighted by Gasteiger charge is 2.30. The number of carbonyl (C=O) groups excluding carboxylic acids is 1. The largest absolute Gasteiger partial charge is 0.490 e. The minimum Gasteiger partial charge on any atom is -0.490 e. The van der Waals surface area contributed by atoms with Gasteiger partial charge in [0.15, 0.2) is 5.75 Å². The lowest BCUT2D eigenvalue weighted by Gasteiger charge is -2.28. The Hall–Kier alpha value is -2.23. The maximum atomic E-state index is 12.0. The first-order valence-electron chi connectivity index (χ1n) is 5.90. The topological polar surface area (TPSA) is 142 Å². The van der Waals surface area contributed by atoms with E-state index in [0.29, 0.717) is 0 Å². The van der Waals surface area contributed by atoms with E-state index in [4.69, 9.17) is 20.1 Å². The highest BCUT2D eigenvalue weighted by molar-refractivity contribution is 5.95. The van der Waals surface area contributed by atoms with E-state index in [-0.39, 0.29) is 17.0 Å². The van der Waals surface area contributed by atoms with Gasteiger partial charge in [-0.2, -0.15) is 0 Å². The molecule has 1 amide bonds. The van der Waals surface area contributed by atoms with Crippen LogP contribution in [0.15, 0.2) is 18.2 Å². The molecule has 0 aliphatic carbocycles. The van der Waals surface area contributed by atoms with Crippen molar-refractivity contribution in [3.8, 4) is 5.75 Å². The summed E-state index contributed by atoms with van der Waals surface area (Å²) in [5.41, 5.74) is -1.85. The fourth-order valence-corrected chi connectivity index (χ4v) is 1.55. The van der Waals surface area contributed by atoms with Crippen molar-refractivity contribution in [2.45, 2.75) is 5.54 Å². The van der Waals surface area contributed by atoms with Crippen LogP contribution in [0.2, 0.25) is 0 Å². The summed E-state index contributed by atoms with van der Waals surface area (Å²) in [5.74, 6) is -0.824. The van der Waals surface area contributed by atoms with Crippen LogP contribution in [0.5, 0.6) is 5.75 Å². The van der Waals surface area contributed by atoms with Crippen LogP contribution in [0.1, 0.15) is 10.4 Å². The number of ether oxygens (including phenoxy) is 1. The number of hydrogen-bond acceptors (Lipinski definition) is 7. The monoisotopic (exact) mass is 300 g/mol. The minimum absolute atomic E-state index is 0.0252. The first-order chi connectivity index (χ1) is 9.92. The van der Waals surface area contributed by atoms with Crippen molar-refractivity contribution < 1.29 is 29.8 Å². The van der Waals surface area contributed by atoms with Crippen LogP contribution in [0.25, 0.3) is 0 Å². The molecule has 0 fully saturated rings. The number of hydrogen-bond donors (Lipinski definition) is 4. The summed E-state index contributed by atoms with van der Waals surface area (Å²) in [6.07, 6.45) is 0. The van der Waals surface area contributed by atoms with E-state index in [1.165, 1.54) is 13.2 Å². The smallest absolute Gasteiger partial charge is 0.310 e. The highest BCUT2D eigenvalue weighted by atomic mass is 16.6. The Balaban J connectivity index is 3.06. The Morgan fingerprint density at radius 1 is 1.33 bits per heavy atom. The van der Waals surface area contributed by atoms with Crippen molar-refractivity contribution in [1.29, 1.82) is 0 Å². The molecule has 0 saturated heterocycles. The molecule has 1 rings (SSSR count). The van der Waals surface area contributed by atoms with Gasteiger partial charge in [-0.1, -0.05) is 0 Å². The van der Waals surface area contributed by atoms with E-state index in [0.717, 1.165) is 12.1 Å². The molecule has 0 heterocycles. The van der Waals surface area contributed by atoms with Gasteiger partial charge in [-0.15, -0.1) is 0 Å². The number of amides is 1. The van der Waals surface area contributed by atoms with Gasteiger partial charge in [-0.05, 0) is 6.07 Å². The standard InChI is InChI=1S/C12H16N2O7/c1-21-10-4-8(2-3-9(10)14(19)20)11(18)13-12(5-15,6-16)7-17/h2-4,15-17H,5-7H2,1H3,(H,13,18). The molecule has 21 heavy (non-hydrogen) atoms. The van der Waals surface area contributed by atoms with Crippen LogP contribution in [0.3, 0.4) is 0 Å². The Labute approximate surface area is 119 Å². The lowest BCUT2D eigenvalue weighted by atomic mass is 10.0. The second kappa shape index (κ2) is 6.97. The zero-order valence-electron chi connectivity index (χ0n) is 11.3. The molecular formula is C12H16N2O7. The third-order valence-corrected chi connectivity index (χ3v) is 2.93. The molecule has 9 nitrogen and oxygen atoms in total. The average Bonchev–Trinajstić information content (AvgIpc) is 2.51. The summed E-state index contributed by atoms with van der Waals surface area (Å²) in [7, 11) is 1.23. The first-order valence-corrected chi connectivity index (χ1v) is 5.90. The summed E-state index contributed by atoms with van der Waals surface area (Å²) >= 11 is 0. The van der Waals surface area contributed by atoms with Gasteiger partial charge in [0.25, 0.3) is 5.91 Å². The Kier molecular flexibility index (Phi) is 5.59. The molecule has 1 aromatic rings. The van der Waals surface area contributed by atoms with Gasteiger partial charge < -0.3 is 25.4 Å². The number of benzene rings is 1. The van der Waals surface area contributed by atoms with Gasteiger partial charge in [0, 0.05) is 17.7 Å². The average molecular weight is 300 g/mol. The van der Waals surface area contributed by atoms with Crippen LogP contribution >= 0.6 is 0 Å². The zero-order valence-corrected chi connectivity index (χ0v) is 11.3. The molecule has 0 radical (unpaired) electrons. The summed E-state index contributed by atoms with van der Waals surface area (Å²) in [5, 5.41) is 40.5. The lowest BCUT2D eigenvalue weighted by Crippen LogP contribution is -2.57. The van der Waals surface area contributed by atoms with Gasteiger partial charge >= 0.3 is 5.69 Å². The number of carbonyl (C=O) groups is 1. The lowest BCUT2D eigenvalue weighted by molar-refractivity contribution is -0.385. The van der Waals surface area contributed by atoms with Crippen molar-refractivity contribution in [1.82, 2.24) is 5.32 Å². The fourth-order valence-electron chi connectivity index (χ4n) is 1.55. The van der Waals surface area contributed by atoms with Crippen molar-refractivity contribution in [2.24, 2.45) is 0 Å². The Morgan fingerprint density at radius 3 is 2.33 bits per heavy atom. The predicted octanol–water partition coefficient (Wildman–Crippen LogP) is -0.951. The highest BCUT2D eigenvalue weighted by Crippen LogP contribution is 2.27. The van der Waals surface area contributed by atoms with Gasteiger partial charge in [0.05, 0.1) is 31.9 Å². The van der Waals surface area contributed by atoms with Crippen molar-refractivity contribution in [2.75, 3.05) is 26.9 Å². The third-order valence-electron chi connectivity index (χ3n) is 2.93. The van der Waals surface area contributed by atoms with E-state index in [2.05, 4.69) is 5.32 Å². The van der Waals surface area contributed by atoms with Crippen molar-refractivity contribution in [3.05, 3.63) is 33.9 Å². The number of rotatable bonds is 7. The molecule has 1 aromatic carbocycles. The zero-order chi connectivity index (χ0) is 16.0. The minimum atomic E-state index is -1.58. The number of nitrogens with zero attached hydrogens (tertiary/aromatic N) is 1. The second-order valence-corrected chi connectivity index (χ2v) is 4.35. The molecule has 0 aromatic heterocycles. The van der Waals surface area contributed by atoms with E-state index in [9.17, 15) is 14.9 Å². The van der Waals surface area contributed by atoms with E-state index in [1.807, 2.05) is 0 Å². The van der Waals surface area contributed by atoms with E-state index < -0.39 is 36.2 Å². The number of nitrogens with one attached hydrogen (secondary N) is 1. The molecule has 0 aliphatic heterocycles. The number of aliphatic hydroxyl groups is 3. The van der Waals surface area contributed by atoms with Crippen LogP contribution in [0.4, 0.5) is 5.69 Å². The van der Waals surface area contributed by atoms with Gasteiger partial charge in [-0.25, -0.2) is 0 Å². The number of nitro benzene ring substituents is 1. The summed E-state index contributed by atoms with van der Waals surface area (Å²) in [6.45, 7) is -2.01. The van der Waals surface area contributed by atoms with Gasteiger partial charge in [-0.3, -0.25) is 14.9 Å². The second-order valence-electron chi connectivity index (χ2n) is 4.35. The Morgan fingerprint density at radius 2 is 1.90 bits per heavy atom. The predicted molar refractivity (Wildman–Crippen MR) is 71.1 cm³/mol. The SMILES string of the molecule is COc1cc(C(=O)NC(CO)(CO)CO)ccc1[N+](=O)[O-]. The summed E-state index contributed by atoms with van der Waals surface area (Å²) < 4.78 is 4.84. The Bertz CT molecular complexity index is 520. The van der Waals surface area contributed by atoms with Crippen LogP contribution in [0, 0.1) is 10.1 Å². The molecule has 0 aliphatic rings. The maximum absolute atomic E-state index is 12.0. The van der Waals surface area contributed by atoms with E-state index in [1.54, 1.807) is 0 Å². The summed E-state index contributed by atoms with van der Waals surface area (Å²) in [6, 6.07) is 3.46. The van der Waals surface area contributed by atoms with Crippen LogP contribution in [-0.4, -0.2) is 58.6 Å². The molecule has 4 N–H and O–H groups in total. The quantitative estimate of drug-likeness (QED) is 0.375. The van der Waals surface area contributed by atoms with Crippen molar-refractivity contribution in [3.63, 3.8) is 0 Å². The first kappa shape index (κ1) is 16.8. The third kappa shape index (κ3) is 3.66. The molecule has 9 heteroatoms. The molecule has 0 saturated carbocycles. The maximum Gasteiger partial charge on any atom is 0.310 e. The van der Waals surface area contributed by atoms with E-state index >= 15 is 0 Å². The number of nitro groups is 1. The molecule has 116 valence electrons. The molecule has 0 spiro atoms. The molecule has 0 bridgehead atoms. The van der Waals surface area contributed by atoms with Crippen molar-refractivity contribution >= 4 is 11.6 Å². The number of aliphatic hydroxyl groups excluding tert-OH is 3. The fraction of sp³-hybridized carbons (Fsp3) is 0.417. The van der Waals surface area contributed by atoms with Gasteiger partial charge in [0.1, 0.15) is 5.54 Å².